The smallest absolute Gasteiger partial charge is 0.256 e. The van der Waals surface area contributed by atoms with Gasteiger partial charge in [-0.05, 0) is 44.7 Å². The van der Waals surface area contributed by atoms with Crippen LogP contribution in [0, 0.1) is 13.8 Å². The number of nitrogens with zero attached hydrogens (tertiary/aromatic N) is 2. The molecule has 168 valence electrons. The number of carbonyl (C=O) groups is 1. The molecule has 5 nitrogen and oxygen atoms in total. The second-order valence-electron chi connectivity index (χ2n) is 8.33. The van der Waals surface area contributed by atoms with Crippen LogP contribution >= 0.6 is 11.3 Å². The fourth-order valence-electron chi connectivity index (χ4n) is 4.34. The maximum absolute atomic E-state index is 13.0. The first-order valence-corrected chi connectivity index (χ1v) is 11.8. The number of carbonyl (C=O) groups excluding carboxylic acids is 1. The van der Waals surface area contributed by atoms with Gasteiger partial charge in [0.05, 0.1) is 13.2 Å². The Kier molecular flexibility index (Phi) is 6.94. The van der Waals surface area contributed by atoms with Crippen molar-refractivity contribution in [3.8, 4) is 5.75 Å². The molecule has 6 heteroatoms. The summed E-state index contributed by atoms with van der Waals surface area (Å²) < 4.78 is 5.78. The first-order chi connectivity index (χ1) is 15.5. The second kappa shape index (κ2) is 9.86. The molecule has 32 heavy (non-hydrogen) atoms. The number of amides is 1. The average Bonchev–Trinajstić information content (AvgIpc) is 3.09. The highest BCUT2D eigenvalue weighted by Gasteiger charge is 2.32. The molecule has 1 N–H and O–H groups in total. The molecule has 3 aromatic rings. The molecule has 1 atom stereocenters. The Morgan fingerprint density at radius 1 is 1.00 bits per heavy atom. The molecule has 2 aromatic carbocycles. The van der Waals surface area contributed by atoms with Crippen molar-refractivity contribution < 1.29 is 9.53 Å². The summed E-state index contributed by atoms with van der Waals surface area (Å²) in [4.78, 5) is 19.1. The Morgan fingerprint density at radius 2 is 1.66 bits per heavy atom. The van der Waals surface area contributed by atoms with E-state index in [2.05, 4.69) is 48.1 Å². The van der Waals surface area contributed by atoms with Crippen LogP contribution in [0.3, 0.4) is 0 Å². The van der Waals surface area contributed by atoms with Crippen molar-refractivity contribution in [2.45, 2.75) is 19.9 Å². The Morgan fingerprint density at radius 3 is 2.34 bits per heavy atom. The van der Waals surface area contributed by atoms with E-state index in [-0.39, 0.29) is 11.9 Å². The van der Waals surface area contributed by atoms with Crippen LogP contribution in [-0.4, -0.2) is 56.0 Å². The van der Waals surface area contributed by atoms with Gasteiger partial charge in [-0.25, -0.2) is 0 Å². The number of likely N-dealkylation sites (N-methyl/N-ethyl adjacent to an activating group) is 1. The van der Waals surface area contributed by atoms with Gasteiger partial charge in [-0.1, -0.05) is 36.4 Å². The molecule has 1 saturated heterocycles. The molecule has 0 radical (unpaired) electrons. The van der Waals surface area contributed by atoms with Gasteiger partial charge >= 0.3 is 0 Å². The van der Waals surface area contributed by atoms with E-state index < -0.39 is 0 Å². The number of para-hydroxylation sites is 1. The van der Waals surface area contributed by atoms with E-state index >= 15 is 0 Å². The zero-order chi connectivity index (χ0) is 22.7. The molecule has 2 heterocycles. The second-order valence-corrected chi connectivity index (χ2v) is 9.55. The fourth-order valence-corrected chi connectivity index (χ4v) is 5.43. The van der Waals surface area contributed by atoms with Crippen LogP contribution in [0.4, 0.5) is 5.00 Å². The van der Waals surface area contributed by atoms with Crippen LogP contribution in [0.2, 0.25) is 0 Å². The minimum Gasteiger partial charge on any atom is -0.496 e. The Hall–Kier alpha value is -2.67. The van der Waals surface area contributed by atoms with E-state index in [4.69, 9.17) is 4.74 Å². The van der Waals surface area contributed by atoms with Crippen molar-refractivity contribution in [3.63, 3.8) is 0 Å². The topological polar surface area (TPSA) is 44.8 Å². The highest BCUT2D eigenvalue weighted by molar-refractivity contribution is 7.16. The highest BCUT2D eigenvalue weighted by Crippen LogP contribution is 2.44. The number of hydrogen-bond acceptors (Lipinski definition) is 5. The monoisotopic (exact) mass is 449 g/mol. The van der Waals surface area contributed by atoms with Crippen molar-refractivity contribution in [1.82, 2.24) is 9.80 Å². The molecule has 0 spiro atoms. The SMILES string of the molecule is COc1ccccc1[C@@H](c1c(NC(=O)c2ccccc2)sc(C)c1C)N1CCN(C)CC1. The number of rotatable bonds is 6. The number of anilines is 1. The summed E-state index contributed by atoms with van der Waals surface area (Å²) in [5.41, 5.74) is 4.20. The summed E-state index contributed by atoms with van der Waals surface area (Å²) in [5, 5.41) is 4.15. The molecule has 1 aliphatic rings. The van der Waals surface area contributed by atoms with Gasteiger partial charge < -0.3 is 15.0 Å². The van der Waals surface area contributed by atoms with Crippen LogP contribution in [0.1, 0.15) is 38.0 Å². The summed E-state index contributed by atoms with van der Waals surface area (Å²) in [6, 6.07) is 17.7. The zero-order valence-electron chi connectivity index (χ0n) is 19.2. The number of aryl methyl sites for hydroxylation is 1. The minimum absolute atomic E-state index is 0.0101. The predicted molar refractivity (Wildman–Crippen MR) is 132 cm³/mol. The van der Waals surface area contributed by atoms with Gasteiger partial charge in [-0.3, -0.25) is 9.69 Å². The van der Waals surface area contributed by atoms with Gasteiger partial charge in [0.15, 0.2) is 0 Å². The highest BCUT2D eigenvalue weighted by atomic mass is 32.1. The maximum atomic E-state index is 13.0. The third kappa shape index (κ3) is 4.58. The molecule has 1 aliphatic heterocycles. The lowest BCUT2D eigenvalue weighted by atomic mass is 9.93. The van der Waals surface area contributed by atoms with Gasteiger partial charge in [0, 0.05) is 47.7 Å². The summed E-state index contributed by atoms with van der Waals surface area (Å²) >= 11 is 1.66. The van der Waals surface area contributed by atoms with E-state index in [9.17, 15) is 4.79 Å². The fraction of sp³-hybridized carbons (Fsp3) is 0.346. The molecular weight excluding hydrogens is 418 g/mol. The number of nitrogens with one attached hydrogen (secondary N) is 1. The molecule has 1 aromatic heterocycles. The van der Waals surface area contributed by atoms with E-state index in [1.165, 1.54) is 16.0 Å². The molecule has 0 saturated carbocycles. The van der Waals surface area contributed by atoms with Crippen LogP contribution < -0.4 is 10.1 Å². The molecule has 0 aliphatic carbocycles. The molecule has 1 fully saturated rings. The number of methoxy groups -OCH3 is 1. The van der Waals surface area contributed by atoms with Crippen molar-refractivity contribution >= 4 is 22.2 Å². The summed E-state index contributed by atoms with van der Waals surface area (Å²) in [5.74, 6) is 0.797. The standard InChI is InChI=1S/C26H31N3O2S/c1-18-19(2)32-26(27-25(30)20-10-6-5-7-11-20)23(18)24(29-16-14-28(3)15-17-29)21-12-8-9-13-22(21)31-4/h5-13,24H,14-17H2,1-4H3,(H,27,30)/t24-/m0/s1. The van der Waals surface area contributed by atoms with Crippen LogP contribution in [0.25, 0.3) is 0 Å². The molecular formula is C26H31N3O2S. The number of thiophene rings is 1. The van der Waals surface area contributed by atoms with Crippen LogP contribution in [0.5, 0.6) is 5.75 Å². The Bertz CT molecular complexity index is 1070. The average molecular weight is 450 g/mol. The normalized spacial score (nSPS) is 16.0. The summed E-state index contributed by atoms with van der Waals surface area (Å²) in [6.45, 7) is 8.24. The van der Waals surface area contributed by atoms with Crippen LogP contribution in [-0.2, 0) is 0 Å². The third-order valence-electron chi connectivity index (χ3n) is 6.30. The van der Waals surface area contributed by atoms with E-state index in [1.807, 2.05) is 42.5 Å². The van der Waals surface area contributed by atoms with Crippen molar-refractivity contribution in [1.29, 1.82) is 0 Å². The first-order valence-electron chi connectivity index (χ1n) is 11.0. The largest absolute Gasteiger partial charge is 0.496 e. The molecule has 1 amide bonds. The lowest BCUT2D eigenvalue weighted by Crippen LogP contribution is -2.46. The summed E-state index contributed by atoms with van der Waals surface area (Å²) in [6.07, 6.45) is 0. The third-order valence-corrected chi connectivity index (χ3v) is 7.44. The number of ether oxygens (including phenoxy) is 1. The molecule has 0 bridgehead atoms. The van der Waals surface area contributed by atoms with E-state index in [1.54, 1.807) is 18.4 Å². The van der Waals surface area contributed by atoms with Crippen molar-refractivity contribution in [2.24, 2.45) is 0 Å². The van der Waals surface area contributed by atoms with E-state index in [0.29, 0.717) is 5.56 Å². The number of benzene rings is 2. The Balaban J connectivity index is 1.79. The minimum atomic E-state index is -0.0785. The number of piperazine rings is 1. The lowest BCUT2D eigenvalue weighted by Gasteiger charge is -2.39. The van der Waals surface area contributed by atoms with E-state index in [0.717, 1.165) is 42.5 Å². The maximum Gasteiger partial charge on any atom is 0.256 e. The Labute approximate surface area is 194 Å². The summed E-state index contributed by atoms with van der Waals surface area (Å²) in [7, 11) is 3.89. The van der Waals surface area contributed by atoms with Gasteiger partial charge in [-0.15, -0.1) is 11.3 Å². The number of hydrogen-bond donors (Lipinski definition) is 1. The van der Waals surface area contributed by atoms with Crippen molar-refractivity contribution in [3.05, 3.63) is 81.7 Å². The van der Waals surface area contributed by atoms with Gasteiger partial charge in [0.25, 0.3) is 5.91 Å². The molecule has 0 unspecified atom stereocenters. The van der Waals surface area contributed by atoms with Crippen molar-refractivity contribution in [2.75, 3.05) is 45.7 Å². The van der Waals surface area contributed by atoms with Gasteiger partial charge in [-0.2, -0.15) is 0 Å². The predicted octanol–water partition coefficient (Wildman–Crippen LogP) is 4.96. The van der Waals surface area contributed by atoms with Crippen LogP contribution in [0.15, 0.2) is 54.6 Å². The lowest BCUT2D eigenvalue weighted by molar-refractivity contribution is 0.102. The van der Waals surface area contributed by atoms with Gasteiger partial charge in [0.2, 0.25) is 0 Å². The quantitative estimate of drug-likeness (QED) is 0.578. The molecule has 4 rings (SSSR count). The zero-order valence-corrected chi connectivity index (χ0v) is 20.0. The first kappa shape index (κ1) is 22.5. The van der Waals surface area contributed by atoms with Gasteiger partial charge in [0.1, 0.15) is 10.8 Å².